The molecule has 1 fully saturated rings. The molecule has 31 heavy (non-hydrogen) atoms. The van der Waals surface area contributed by atoms with Crippen LogP contribution >= 0.6 is 0 Å². The molecule has 1 saturated heterocycles. The van der Waals surface area contributed by atoms with Crippen molar-refractivity contribution >= 4 is 15.9 Å². The van der Waals surface area contributed by atoms with Crippen molar-refractivity contribution in [3.63, 3.8) is 0 Å². The molecular formula is C22H22N4O4S. The summed E-state index contributed by atoms with van der Waals surface area (Å²) in [5.41, 5.74) is 2.27. The number of fused-ring (bicyclic) bond motifs is 2. The molecule has 1 aromatic heterocycles. The largest absolute Gasteiger partial charge is 0.486 e. The summed E-state index contributed by atoms with van der Waals surface area (Å²) in [7, 11) is -0.131. The molecular weight excluding hydrogens is 416 g/mol. The average molecular weight is 439 g/mol. The van der Waals surface area contributed by atoms with Gasteiger partial charge in [-0.05, 0) is 29.8 Å². The minimum Gasteiger partial charge on any atom is -0.486 e. The lowest BCUT2D eigenvalue weighted by molar-refractivity contribution is 0.0683. The number of likely N-dealkylation sites (N-methyl/N-ethyl adjacent to an activating group) is 1. The predicted molar refractivity (Wildman–Crippen MR) is 114 cm³/mol. The molecule has 5 rings (SSSR count). The van der Waals surface area contributed by atoms with Crippen LogP contribution in [0.4, 0.5) is 0 Å². The van der Waals surface area contributed by atoms with Gasteiger partial charge in [-0.25, -0.2) is 8.42 Å². The molecule has 2 atom stereocenters. The Hall–Kier alpha value is -3.17. The maximum Gasteiger partial charge on any atom is 0.257 e. The van der Waals surface area contributed by atoms with Gasteiger partial charge in [0.2, 0.25) is 10.0 Å². The van der Waals surface area contributed by atoms with Gasteiger partial charge in [0.1, 0.15) is 11.9 Å². The van der Waals surface area contributed by atoms with E-state index in [1.165, 1.54) is 4.31 Å². The van der Waals surface area contributed by atoms with Crippen LogP contribution in [0, 0.1) is 0 Å². The summed E-state index contributed by atoms with van der Waals surface area (Å²) >= 11 is 0. The zero-order chi connectivity index (χ0) is 21.8. The standard InChI is InChI=1S/C22H22N4O4S/c1-24-12-16(11-23-24)15-8-9-18-20(10-15)30-21-14-26(13-19(21)25(2)22(18)27)31(28,29)17-6-4-3-5-7-17/h3-12,19,21H,13-14H2,1-2H3/t19-,21+/m1/s1. The molecule has 160 valence electrons. The number of hydrogen-bond acceptors (Lipinski definition) is 5. The highest BCUT2D eigenvalue weighted by Crippen LogP contribution is 2.35. The second kappa shape index (κ2) is 7.21. The fourth-order valence-corrected chi connectivity index (χ4v) is 5.69. The van der Waals surface area contributed by atoms with E-state index in [0.29, 0.717) is 11.3 Å². The quantitative estimate of drug-likeness (QED) is 0.625. The van der Waals surface area contributed by atoms with Crippen LogP contribution in [0.25, 0.3) is 11.1 Å². The van der Waals surface area contributed by atoms with Crippen molar-refractivity contribution in [3.05, 3.63) is 66.5 Å². The van der Waals surface area contributed by atoms with Crippen LogP contribution in [0.3, 0.4) is 0 Å². The number of nitrogens with zero attached hydrogens (tertiary/aromatic N) is 4. The van der Waals surface area contributed by atoms with Crippen molar-refractivity contribution in [2.45, 2.75) is 17.0 Å². The topological polar surface area (TPSA) is 84.7 Å². The van der Waals surface area contributed by atoms with Crippen LogP contribution < -0.4 is 4.74 Å². The van der Waals surface area contributed by atoms with Crippen LogP contribution in [0.2, 0.25) is 0 Å². The first kappa shape index (κ1) is 19.8. The first-order chi connectivity index (χ1) is 14.8. The third-order valence-electron chi connectivity index (χ3n) is 5.93. The summed E-state index contributed by atoms with van der Waals surface area (Å²) in [6.07, 6.45) is 3.18. The number of ether oxygens (including phenoxy) is 1. The van der Waals surface area contributed by atoms with Gasteiger partial charge < -0.3 is 9.64 Å². The Kier molecular flexibility index (Phi) is 4.60. The van der Waals surface area contributed by atoms with Gasteiger partial charge in [0.25, 0.3) is 5.91 Å². The van der Waals surface area contributed by atoms with Gasteiger partial charge in [0.15, 0.2) is 0 Å². The first-order valence-corrected chi connectivity index (χ1v) is 11.4. The molecule has 2 aliphatic rings. The minimum absolute atomic E-state index is 0.177. The second-order valence-electron chi connectivity index (χ2n) is 7.89. The monoisotopic (exact) mass is 438 g/mol. The van der Waals surface area contributed by atoms with E-state index in [0.717, 1.165) is 11.1 Å². The molecule has 2 aliphatic heterocycles. The number of carbonyl (C=O) groups excluding carboxylic acids is 1. The third kappa shape index (κ3) is 3.30. The van der Waals surface area contributed by atoms with Gasteiger partial charge in [-0.3, -0.25) is 9.48 Å². The molecule has 2 aromatic carbocycles. The molecule has 3 aromatic rings. The molecule has 9 heteroatoms. The zero-order valence-corrected chi connectivity index (χ0v) is 18.0. The molecule has 1 amide bonds. The third-order valence-corrected chi connectivity index (χ3v) is 7.78. The average Bonchev–Trinajstić information content (AvgIpc) is 3.38. The van der Waals surface area contributed by atoms with E-state index in [1.807, 2.05) is 25.4 Å². The van der Waals surface area contributed by atoms with Crippen LogP contribution in [0.5, 0.6) is 5.75 Å². The van der Waals surface area contributed by atoms with Gasteiger partial charge in [-0.2, -0.15) is 9.40 Å². The predicted octanol–water partition coefficient (Wildman–Crippen LogP) is 1.99. The van der Waals surface area contributed by atoms with Crippen molar-refractivity contribution < 1.29 is 17.9 Å². The summed E-state index contributed by atoms with van der Waals surface area (Å²) in [6.45, 7) is 0.365. The Labute approximate surface area is 180 Å². The number of aryl methyl sites for hydroxylation is 1. The fourth-order valence-electron chi connectivity index (χ4n) is 4.20. The number of benzene rings is 2. The number of rotatable bonds is 3. The highest BCUT2D eigenvalue weighted by atomic mass is 32.2. The molecule has 0 spiro atoms. The lowest BCUT2D eigenvalue weighted by atomic mass is 10.1. The van der Waals surface area contributed by atoms with E-state index >= 15 is 0 Å². The second-order valence-corrected chi connectivity index (χ2v) is 9.83. The van der Waals surface area contributed by atoms with Gasteiger partial charge in [0, 0.05) is 32.4 Å². The molecule has 0 unspecified atom stereocenters. The van der Waals surface area contributed by atoms with Gasteiger partial charge in [-0.1, -0.05) is 24.3 Å². The zero-order valence-electron chi connectivity index (χ0n) is 17.2. The molecule has 0 bridgehead atoms. The lowest BCUT2D eigenvalue weighted by Crippen LogP contribution is -2.44. The van der Waals surface area contributed by atoms with E-state index in [4.69, 9.17) is 4.74 Å². The summed E-state index contributed by atoms with van der Waals surface area (Å²) in [6, 6.07) is 13.4. The highest BCUT2D eigenvalue weighted by Gasteiger charge is 2.46. The Bertz CT molecular complexity index is 1260. The number of aromatic nitrogens is 2. The fraction of sp³-hybridized carbons (Fsp3) is 0.273. The van der Waals surface area contributed by atoms with Crippen molar-refractivity contribution in [2.24, 2.45) is 7.05 Å². The summed E-state index contributed by atoms with van der Waals surface area (Å²) < 4.78 is 35.6. The van der Waals surface area contributed by atoms with Crippen LogP contribution in [-0.2, 0) is 17.1 Å². The van der Waals surface area contributed by atoms with Crippen molar-refractivity contribution in [2.75, 3.05) is 20.1 Å². The van der Waals surface area contributed by atoms with E-state index in [1.54, 1.807) is 59.2 Å². The molecule has 8 nitrogen and oxygen atoms in total. The Balaban J connectivity index is 1.48. The molecule has 0 aliphatic carbocycles. The van der Waals surface area contributed by atoms with Gasteiger partial charge in [-0.15, -0.1) is 0 Å². The smallest absolute Gasteiger partial charge is 0.257 e. The summed E-state index contributed by atoms with van der Waals surface area (Å²) in [4.78, 5) is 15.0. The normalized spacial score (nSPS) is 21.4. The van der Waals surface area contributed by atoms with E-state index in [2.05, 4.69) is 5.10 Å². The molecule has 0 N–H and O–H groups in total. The van der Waals surface area contributed by atoms with Crippen molar-refractivity contribution in [3.8, 4) is 16.9 Å². The Morgan fingerprint density at radius 1 is 1.03 bits per heavy atom. The van der Waals surface area contributed by atoms with Gasteiger partial charge >= 0.3 is 0 Å². The number of hydrogen-bond donors (Lipinski definition) is 0. The van der Waals surface area contributed by atoms with Crippen LogP contribution in [0.1, 0.15) is 10.4 Å². The number of carbonyl (C=O) groups is 1. The van der Waals surface area contributed by atoms with E-state index < -0.39 is 16.1 Å². The Morgan fingerprint density at radius 2 is 1.81 bits per heavy atom. The molecule has 0 saturated carbocycles. The highest BCUT2D eigenvalue weighted by molar-refractivity contribution is 7.89. The van der Waals surface area contributed by atoms with Crippen LogP contribution in [-0.4, -0.2) is 65.6 Å². The van der Waals surface area contributed by atoms with Gasteiger partial charge in [0.05, 0.1) is 29.2 Å². The van der Waals surface area contributed by atoms with E-state index in [9.17, 15) is 13.2 Å². The lowest BCUT2D eigenvalue weighted by Gasteiger charge is -2.25. The Morgan fingerprint density at radius 3 is 2.52 bits per heavy atom. The maximum atomic E-state index is 13.1. The SMILES string of the molecule is CN1C(=O)c2ccc(-c3cnn(C)c3)cc2O[C@H]2CN(S(=O)(=O)c3ccccc3)C[C@H]21. The molecule has 0 radical (unpaired) electrons. The maximum absolute atomic E-state index is 13.1. The van der Waals surface area contributed by atoms with E-state index in [-0.39, 0.29) is 29.9 Å². The summed E-state index contributed by atoms with van der Waals surface area (Å²) in [5, 5.41) is 4.20. The van der Waals surface area contributed by atoms with Crippen LogP contribution in [0.15, 0.2) is 65.8 Å². The first-order valence-electron chi connectivity index (χ1n) is 9.96. The van der Waals surface area contributed by atoms with Crippen molar-refractivity contribution in [1.29, 1.82) is 0 Å². The minimum atomic E-state index is -3.67. The summed E-state index contributed by atoms with van der Waals surface area (Å²) in [5.74, 6) is 0.281. The number of amides is 1. The molecule has 3 heterocycles. The number of sulfonamides is 1. The van der Waals surface area contributed by atoms with Crippen molar-refractivity contribution in [1.82, 2.24) is 19.0 Å².